The number of carbonyl (C=O) groups is 1. The quantitative estimate of drug-likeness (QED) is 0.165. The van der Waals surface area contributed by atoms with Gasteiger partial charge in [-0.05, 0) is 55.8 Å². The van der Waals surface area contributed by atoms with Gasteiger partial charge in [0.05, 0.1) is 30.9 Å². The van der Waals surface area contributed by atoms with Crippen molar-refractivity contribution in [1.29, 1.82) is 0 Å². The Hall–Kier alpha value is -2.27. The molecule has 1 aromatic carbocycles. The van der Waals surface area contributed by atoms with Gasteiger partial charge in [-0.15, -0.1) is 0 Å². The number of benzene rings is 1. The summed E-state index contributed by atoms with van der Waals surface area (Å²) < 4.78 is 31.8. The Morgan fingerprint density at radius 1 is 1.20 bits per heavy atom. The number of hydrogen-bond acceptors (Lipinski definition) is 9. The minimum Gasteiger partial charge on any atom is -0.365 e. The average molecular weight is 628 g/mol. The average Bonchev–Trinajstić information content (AvgIpc) is 3.54. The van der Waals surface area contributed by atoms with Gasteiger partial charge in [-0.3, -0.25) is 9.36 Å². The van der Waals surface area contributed by atoms with Crippen LogP contribution in [0, 0.1) is 5.92 Å². The number of rotatable bonds is 14. The molecule has 1 fully saturated rings. The van der Waals surface area contributed by atoms with Crippen LogP contribution in [0.5, 0.6) is 0 Å². The van der Waals surface area contributed by atoms with Gasteiger partial charge in [0.25, 0.3) is 0 Å². The van der Waals surface area contributed by atoms with Gasteiger partial charge in [-0.25, -0.2) is 4.68 Å². The first-order valence-corrected chi connectivity index (χ1v) is 16.3. The lowest BCUT2D eigenvalue weighted by Crippen LogP contribution is -2.41. The van der Waals surface area contributed by atoms with Crippen LogP contribution >= 0.6 is 30.8 Å². The molecule has 3 aromatic rings. The second-order valence-corrected chi connectivity index (χ2v) is 13.0. The number of fused-ring (bicyclic) bond motifs is 1. The predicted molar refractivity (Wildman–Crippen MR) is 159 cm³/mol. The topological polar surface area (TPSA) is 121 Å². The van der Waals surface area contributed by atoms with Crippen LogP contribution in [0.15, 0.2) is 30.5 Å². The maximum absolute atomic E-state index is 13.3. The summed E-state index contributed by atoms with van der Waals surface area (Å²) in [6, 6.07) is 7.57. The van der Waals surface area contributed by atoms with Crippen LogP contribution in [0.3, 0.4) is 0 Å². The van der Waals surface area contributed by atoms with E-state index < -0.39 is 13.8 Å². The number of aromatic nitrogens is 4. The third-order valence-electron chi connectivity index (χ3n) is 6.53. The van der Waals surface area contributed by atoms with Crippen molar-refractivity contribution >= 4 is 53.6 Å². The van der Waals surface area contributed by atoms with Crippen molar-refractivity contribution in [3.8, 4) is 0 Å². The largest absolute Gasteiger partial charge is 0.365 e. The van der Waals surface area contributed by atoms with Crippen molar-refractivity contribution in [2.75, 3.05) is 37.8 Å². The maximum Gasteiger partial charge on any atom is 0.340 e. The molecule has 3 heterocycles. The van der Waals surface area contributed by atoms with Crippen LogP contribution in [-0.4, -0.2) is 69.1 Å². The molecule has 224 valence electrons. The highest BCUT2D eigenvalue weighted by molar-refractivity contribution is 7.54. The lowest BCUT2D eigenvalue weighted by molar-refractivity contribution is -0.131. The van der Waals surface area contributed by atoms with E-state index in [1.165, 1.54) is 0 Å². The summed E-state index contributed by atoms with van der Waals surface area (Å²) in [5.41, 5.74) is 1.47. The zero-order valence-electron chi connectivity index (χ0n) is 23.8. The van der Waals surface area contributed by atoms with Crippen molar-refractivity contribution in [2.24, 2.45) is 5.92 Å². The molecular formula is C27H37Cl2N6O5P. The molecule has 0 unspecified atom stereocenters. The third-order valence-corrected chi connectivity index (χ3v) is 9.03. The zero-order valence-corrected chi connectivity index (χ0v) is 26.2. The Kier molecular flexibility index (Phi) is 11.0. The van der Waals surface area contributed by atoms with E-state index in [4.69, 9.17) is 37.0 Å². The highest BCUT2D eigenvalue weighted by Crippen LogP contribution is 2.48. The molecular weight excluding hydrogens is 590 g/mol. The third kappa shape index (κ3) is 8.18. The van der Waals surface area contributed by atoms with Crippen LogP contribution < -0.4 is 5.32 Å². The van der Waals surface area contributed by atoms with Crippen LogP contribution in [0.1, 0.15) is 52.3 Å². The number of carbonyl (C=O) groups excluding carboxylic acids is 1. The molecule has 11 nitrogen and oxygen atoms in total. The fourth-order valence-corrected chi connectivity index (χ4v) is 6.76. The van der Waals surface area contributed by atoms with Crippen LogP contribution in [0.2, 0.25) is 10.3 Å². The summed E-state index contributed by atoms with van der Waals surface area (Å²) in [6.45, 7) is 9.21. The van der Waals surface area contributed by atoms with Gasteiger partial charge in [0.2, 0.25) is 11.2 Å². The molecule has 1 N–H and O–H groups in total. The SMILES string of the molecule is CCOP(=O)(CC(=O)N(CC(C)C)C[C@@H]1CC[C@H](n2ncc3c(NCc4ccccc4Cl)nc(Cl)nc32)O1)OCC. The van der Waals surface area contributed by atoms with E-state index in [0.29, 0.717) is 54.3 Å². The second kappa shape index (κ2) is 14.3. The molecule has 0 aliphatic carbocycles. The standard InChI is InChI=1S/C27H37Cl2N6O5P/c1-5-38-41(37,39-6-2)17-23(36)34(15-18(3)4)16-20-11-12-24(40-20)35-26-21(14-31-35)25(32-27(29)33-26)30-13-19-9-7-8-10-22(19)28/h7-10,14,18,20,24H,5-6,11-13,15-17H2,1-4H3,(H,30,32,33)/t20-,24+/m0/s1. The molecule has 0 bridgehead atoms. The molecule has 4 rings (SSSR count). The summed E-state index contributed by atoms with van der Waals surface area (Å²) in [7, 11) is -3.52. The van der Waals surface area contributed by atoms with E-state index in [1.807, 2.05) is 38.1 Å². The summed E-state index contributed by atoms with van der Waals surface area (Å²) >= 11 is 12.6. The van der Waals surface area contributed by atoms with E-state index >= 15 is 0 Å². The fraction of sp³-hybridized carbons (Fsp3) is 0.556. The number of ether oxygens (including phenoxy) is 1. The van der Waals surface area contributed by atoms with E-state index in [2.05, 4.69) is 20.4 Å². The van der Waals surface area contributed by atoms with Crippen LogP contribution in [0.25, 0.3) is 11.0 Å². The molecule has 1 amide bonds. The Morgan fingerprint density at radius 2 is 1.93 bits per heavy atom. The molecule has 0 saturated carbocycles. The maximum atomic E-state index is 13.3. The predicted octanol–water partition coefficient (Wildman–Crippen LogP) is 6.17. The van der Waals surface area contributed by atoms with E-state index in [-0.39, 0.29) is 42.6 Å². The highest BCUT2D eigenvalue weighted by Gasteiger charge is 2.35. The molecule has 2 atom stereocenters. The van der Waals surface area contributed by atoms with Crippen molar-refractivity contribution in [3.05, 3.63) is 46.3 Å². The van der Waals surface area contributed by atoms with Gasteiger partial charge >= 0.3 is 7.60 Å². The first-order valence-electron chi connectivity index (χ1n) is 13.8. The van der Waals surface area contributed by atoms with E-state index in [9.17, 15) is 9.36 Å². The molecule has 0 radical (unpaired) electrons. The first kappa shape index (κ1) is 31.7. The fourth-order valence-electron chi connectivity index (χ4n) is 4.82. The Morgan fingerprint density at radius 3 is 2.61 bits per heavy atom. The minimum absolute atomic E-state index is 0.0807. The van der Waals surface area contributed by atoms with Gasteiger partial charge in [-0.1, -0.05) is 43.6 Å². The number of hydrogen-bond donors (Lipinski definition) is 1. The van der Waals surface area contributed by atoms with Crippen LogP contribution in [0.4, 0.5) is 5.82 Å². The summed E-state index contributed by atoms with van der Waals surface area (Å²) in [5, 5.41) is 9.28. The monoisotopic (exact) mass is 626 g/mol. The summed E-state index contributed by atoms with van der Waals surface area (Å²) in [5.74, 6) is 0.469. The lowest BCUT2D eigenvalue weighted by Gasteiger charge is -2.29. The zero-order chi connectivity index (χ0) is 29.6. The summed E-state index contributed by atoms with van der Waals surface area (Å²) in [6.07, 6.45) is 2.13. The number of anilines is 1. The summed E-state index contributed by atoms with van der Waals surface area (Å²) in [4.78, 5) is 23.7. The number of halogens is 2. The molecule has 1 aliphatic rings. The number of nitrogens with zero attached hydrogens (tertiary/aromatic N) is 5. The highest BCUT2D eigenvalue weighted by atomic mass is 35.5. The smallest absolute Gasteiger partial charge is 0.340 e. The normalized spacial score (nSPS) is 17.4. The van der Waals surface area contributed by atoms with Crippen molar-refractivity contribution in [1.82, 2.24) is 24.6 Å². The van der Waals surface area contributed by atoms with Crippen molar-refractivity contribution < 1.29 is 23.1 Å². The Bertz CT molecular complexity index is 1380. The molecule has 1 saturated heterocycles. The molecule has 0 spiro atoms. The van der Waals surface area contributed by atoms with Gasteiger partial charge in [-0.2, -0.15) is 15.1 Å². The van der Waals surface area contributed by atoms with Gasteiger partial charge in [0.15, 0.2) is 11.9 Å². The van der Waals surface area contributed by atoms with Crippen LogP contribution in [-0.2, 0) is 29.7 Å². The van der Waals surface area contributed by atoms with E-state index in [1.54, 1.807) is 29.6 Å². The molecule has 14 heteroatoms. The van der Waals surface area contributed by atoms with Gasteiger partial charge in [0, 0.05) is 24.7 Å². The van der Waals surface area contributed by atoms with Gasteiger partial charge < -0.3 is 24.0 Å². The van der Waals surface area contributed by atoms with Gasteiger partial charge in [0.1, 0.15) is 12.0 Å². The minimum atomic E-state index is -3.52. The Labute approximate surface area is 250 Å². The number of nitrogens with one attached hydrogen (secondary N) is 1. The molecule has 2 aromatic heterocycles. The lowest BCUT2D eigenvalue weighted by atomic mass is 10.1. The molecule has 1 aliphatic heterocycles. The Balaban J connectivity index is 1.46. The number of amides is 1. The van der Waals surface area contributed by atoms with E-state index in [0.717, 1.165) is 5.56 Å². The van der Waals surface area contributed by atoms with Crippen molar-refractivity contribution in [2.45, 2.75) is 59.4 Å². The molecule has 41 heavy (non-hydrogen) atoms. The second-order valence-electron chi connectivity index (χ2n) is 10.2. The van der Waals surface area contributed by atoms with Crippen molar-refractivity contribution in [3.63, 3.8) is 0 Å². The first-order chi connectivity index (χ1) is 19.6.